The number of hydrogen-bond acceptors (Lipinski definition) is 1. The molecule has 0 aliphatic carbocycles. The summed E-state index contributed by atoms with van der Waals surface area (Å²) in [4.78, 5) is 0. The monoisotopic (exact) mass is 199 g/mol. The van der Waals surface area contributed by atoms with E-state index in [4.69, 9.17) is 5.26 Å². The predicted molar refractivity (Wildman–Crippen MR) is 45.6 cm³/mol. The molecular formula is C10H8F3N. The van der Waals surface area contributed by atoms with Crippen LogP contribution in [0.25, 0.3) is 0 Å². The molecule has 0 unspecified atom stereocenters. The maximum Gasteiger partial charge on any atom is 0.301 e. The van der Waals surface area contributed by atoms with Gasteiger partial charge in [0.15, 0.2) is 6.67 Å². The van der Waals surface area contributed by atoms with E-state index in [0.29, 0.717) is 0 Å². The molecule has 0 N–H and O–H groups in total. The van der Waals surface area contributed by atoms with Gasteiger partial charge in [0.05, 0.1) is 12.5 Å². The van der Waals surface area contributed by atoms with E-state index in [9.17, 15) is 13.2 Å². The Labute approximate surface area is 79.8 Å². The van der Waals surface area contributed by atoms with Gasteiger partial charge in [0.1, 0.15) is 0 Å². The van der Waals surface area contributed by atoms with E-state index in [0.717, 1.165) is 6.07 Å². The third kappa shape index (κ3) is 2.05. The van der Waals surface area contributed by atoms with Crippen molar-refractivity contribution in [2.24, 2.45) is 0 Å². The zero-order valence-electron chi connectivity index (χ0n) is 7.30. The van der Waals surface area contributed by atoms with Gasteiger partial charge in [-0.3, -0.25) is 0 Å². The van der Waals surface area contributed by atoms with Crippen LogP contribution in [0.2, 0.25) is 0 Å². The molecular weight excluding hydrogens is 191 g/mol. The van der Waals surface area contributed by atoms with Crippen LogP contribution < -0.4 is 0 Å². The SMILES string of the molecule is N#CCc1ccccc1C(F)(F)CF. The number of nitrogens with zero attached hydrogens (tertiary/aromatic N) is 1. The van der Waals surface area contributed by atoms with E-state index < -0.39 is 18.2 Å². The maximum absolute atomic E-state index is 13.0. The minimum Gasteiger partial charge on any atom is -0.244 e. The maximum atomic E-state index is 13.0. The lowest BCUT2D eigenvalue weighted by atomic mass is 10.0. The van der Waals surface area contributed by atoms with Crippen LogP contribution in [0.4, 0.5) is 13.2 Å². The number of hydrogen-bond donors (Lipinski definition) is 0. The van der Waals surface area contributed by atoms with Crippen molar-refractivity contribution in [1.29, 1.82) is 5.26 Å². The van der Waals surface area contributed by atoms with Crippen molar-refractivity contribution in [3.8, 4) is 6.07 Å². The van der Waals surface area contributed by atoms with E-state index in [1.165, 1.54) is 12.1 Å². The predicted octanol–water partition coefficient (Wildman–Crippen LogP) is 2.81. The fraction of sp³-hybridized carbons (Fsp3) is 0.300. The Morgan fingerprint density at radius 3 is 2.50 bits per heavy atom. The van der Waals surface area contributed by atoms with Crippen LogP contribution in [0.15, 0.2) is 24.3 Å². The molecule has 14 heavy (non-hydrogen) atoms. The van der Waals surface area contributed by atoms with E-state index in [1.54, 1.807) is 12.1 Å². The first-order valence-electron chi connectivity index (χ1n) is 4.01. The summed E-state index contributed by atoms with van der Waals surface area (Å²) in [5.41, 5.74) is -0.221. The summed E-state index contributed by atoms with van der Waals surface area (Å²) >= 11 is 0. The zero-order valence-corrected chi connectivity index (χ0v) is 7.30. The number of halogens is 3. The second kappa shape index (κ2) is 4.14. The van der Waals surface area contributed by atoms with Crippen molar-refractivity contribution in [1.82, 2.24) is 0 Å². The molecule has 1 nitrogen and oxygen atoms in total. The van der Waals surface area contributed by atoms with E-state index in [2.05, 4.69) is 0 Å². The molecule has 74 valence electrons. The van der Waals surface area contributed by atoms with Crippen molar-refractivity contribution >= 4 is 0 Å². The van der Waals surface area contributed by atoms with Gasteiger partial charge in [0.25, 0.3) is 0 Å². The molecule has 0 atom stereocenters. The molecule has 0 amide bonds. The van der Waals surface area contributed by atoms with Crippen molar-refractivity contribution in [3.05, 3.63) is 35.4 Å². The summed E-state index contributed by atoms with van der Waals surface area (Å²) in [6.45, 7) is -1.74. The molecule has 0 heterocycles. The Hall–Kier alpha value is -1.50. The van der Waals surface area contributed by atoms with Gasteiger partial charge in [-0.2, -0.15) is 14.0 Å². The van der Waals surface area contributed by atoms with Crippen LogP contribution in [0, 0.1) is 11.3 Å². The zero-order chi connectivity index (χ0) is 10.6. The van der Waals surface area contributed by atoms with E-state index in [-0.39, 0.29) is 12.0 Å². The standard InChI is InChI=1S/C10H8F3N/c11-7-10(12,13)9-4-2-1-3-8(9)5-6-14/h1-4H,5,7H2. The molecule has 0 saturated heterocycles. The summed E-state index contributed by atoms with van der Waals surface area (Å²) in [7, 11) is 0. The highest BCUT2D eigenvalue weighted by molar-refractivity contribution is 5.32. The highest BCUT2D eigenvalue weighted by atomic mass is 19.3. The van der Waals surface area contributed by atoms with E-state index >= 15 is 0 Å². The molecule has 1 rings (SSSR count). The molecule has 1 aromatic rings. The Balaban J connectivity index is 3.14. The summed E-state index contributed by atoms with van der Waals surface area (Å²) in [5.74, 6) is -3.49. The topological polar surface area (TPSA) is 23.8 Å². The van der Waals surface area contributed by atoms with Crippen LogP contribution in [0.1, 0.15) is 11.1 Å². The van der Waals surface area contributed by atoms with Crippen molar-refractivity contribution in [3.63, 3.8) is 0 Å². The molecule has 0 saturated carbocycles. The summed E-state index contributed by atoms with van der Waals surface area (Å²) < 4.78 is 38.0. The molecule has 4 heteroatoms. The lowest BCUT2D eigenvalue weighted by Gasteiger charge is -2.15. The first-order valence-corrected chi connectivity index (χ1v) is 4.01. The summed E-state index contributed by atoms with van der Waals surface area (Å²) in [5, 5.41) is 8.39. The third-order valence-corrected chi connectivity index (χ3v) is 1.85. The minimum absolute atomic E-state index is 0.133. The molecule has 0 aromatic heterocycles. The molecule has 1 aromatic carbocycles. The molecule has 0 bridgehead atoms. The normalized spacial score (nSPS) is 11.0. The largest absolute Gasteiger partial charge is 0.301 e. The average Bonchev–Trinajstić information content (AvgIpc) is 2.19. The van der Waals surface area contributed by atoms with Gasteiger partial charge in [0, 0.05) is 5.56 Å². The molecule has 0 aliphatic rings. The smallest absolute Gasteiger partial charge is 0.244 e. The average molecular weight is 199 g/mol. The first-order chi connectivity index (χ1) is 6.61. The van der Waals surface area contributed by atoms with Gasteiger partial charge in [-0.15, -0.1) is 0 Å². The van der Waals surface area contributed by atoms with E-state index in [1.807, 2.05) is 0 Å². The van der Waals surface area contributed by atoms with Gasteiger partial charge in [0.2, 0.25) is 0 Å². The number of benzene rings is 1. The quantitative estimate of drug-likeness (QED) is 0.734. The van der Waals surface area contributed by atoms with Gasteiger partial charge >= 0.3 is 5.92 Å². The molecule has 0 radical (unpaired) electrons. The highest BCUT2D eigenvalue weighted by Crippen LogP contribution is 2.31. The number of rotatable bonds is 3. The molecule has 0 spiro atoms. The lowest BCUT2D eigenvalue weighted by molar-refractivity contribution is -0.0287. The van der Waals surface area contributed by atoms with Gasteiger partial charge in [-0.1, -0.05) is 24.3 Å². The van der Waals surface area contributed by atoms with Crippen molar-refractivity contribution < 1.29 is 13.2 Å². The summed E-state index contributed by atoms with van der Waals surface area (Å²) in [6.07, 6.45) is -0.133. The highest BCUT2D eigenvalue weighted by Gasteiger charge is 2.33. The Kier molecular flexibility index (Phi) is 3.13. The second-order valence-electron chi connectivity index (χ2n) is 2.83. The molecule has 0 aliphatic heterocycles. The van der Waals surface area contributed by atoms with Gasteiger partial charge in [-0.25, -0.2) is 4.39 Å². The number of alkyl halides is 3. The van der Waals surface area contributed by atoms with Crippen LogP contribution >= 0.6 is 0 Å². The third-order valence-electron chi connectivity index (χ3n) is 1.85. The fourth-order valence-electron chi connectivity index (χ4n) is 1.19. The van der Waals surface area contributed by atoms with Crippen molar-refractivity contribution in [2.45, 2.75) is 12.3 Å². The Bertz CT molecular complexity index is 355. The van der Waals surface area contributed by atoms with Crippen LogP contribution in [-0.4, -0.2) is 6.67 Å². The minimum atomic E-state index is -3.49. The first kappa shape index (κ1) is 10.6. The Morgan fingerprint density at radius 2 is 1.93 bits per heavy atom. The van der Waals surface area contributed by atoms with Crippen LogP contribution in [0.3, 0.4) is 0 Å². The van der Waals surface area contributed by atoms with Gasteiger partial charge in [-0.05, 0) is 5.56 Å². The van der Waals surface area contributed by atoms with Gasteiger partial charge < -0.3 is 0 Å². The molecule has 0 fully saturated rings. The van der Waals surface area contributed by atoms with Crippen molar-refractivity contribution in [2.75, 3.05) is 6.67 Å². The summed E-state index contributed by atoms with van der Waals surface area (Å²) in [6, 6.07) is 7.26. The number of nitriles is 1. The fourth-order valence-corrected chi connectivity index (χ4v) is 1.19. The lowest BCUT2D eigenvalue weighted by Crippen LogP contribution is -2.18. The van der Waals surface area contributed by atoms with Crippen LogP contribution in [0.5, 0.6) is 0 Å². The Morgan fingerprint density at radius 1 is 1.29 bits per heavy atom. The van der Waals surface area contributed by atoms with Crippen LogP contribution in [-0.2, 0) is 12.3 Å². The second-order valence-corrected chi connectivity index (χ2v) is 2.83.